The van der Waals surface area contributed by atoms with Crippen molar-refractivity contribution < 1.29 is 23.9 Å². The van der Waals surface area contributed by atoms with Crippen LogP contribution in [-0.4, -0.2) is 34.8 Å². The van der Waals surface area contributed by atoms with Crippen LogP contribution in [0, 0.1) is 28.6 Å². The number of hydrogen-bond donors (Lipinski definition) is 0. The number of rotatable bonds is 1. The molecule has 0 radical (unpaired) electrons. The molecule has 8 atom stereocenters. The molecule has 0 aromatic rings. The van der Waals surface area contributed by atoms with Crippen molar-refractivity contribution in [1.82, 2.24) is 0 Å². The molecule has 2 spiro atoms. The van der Waals surface area contributed by atoms with Gasteiger partial charge in [-0.2, -0.15) is 0 Å². The smallest absolute Gasteiger partial charge is 0.306 e. The Morgan fingerprint density at radius 3 is 2.62 bits per heavy atom. The molecule has 156 valence electrons. The van der Waals surface area contributed by atoms with Crippen LogP contribution in [0.5, 0.6) is 0 Å². The fourth-order valence-electron chi connectivity index (χ4n) is 8.70. The van der Waals surface area contributed by atoms with Crippen molar-refractivity contribution in [1.29, 1.82) is 0 Å². The van der Waals surface area contributed by atoms with Gasteiger partial charge in [-0.05, 0) is 57.4 Å². The number of esters is 1. The molecular weight excluding hydrogens is 368 g/mol. The molecule has 0 unspecified atom stereocenters. The zero-order valence-electron chi connectivity index (χ0n) is 17.6. The molecule has 6 rings (SSSR count). The van der Waals surface area contributed by atoms with Gasteiger partial charge in [0.05, 0.1) is 6.10 Å². The third-order valence-electron chi connectivity index (χ3n) is 10.2. The van der Waals surface area contributed by atoms with Gasteiger partial charge in [0.25, 0.3) is 0 Å². The topological polar surface area (TPSA) is 73.0 Å². The highest BCUT2D eigenvalue weighted by molar-refractivity contribution is 5.92. The number of carbonyl (C=O) groups excluding carboxylic acids is 3. The van der Waals surface area contributed by atoms with E-state index in [9.17, 15) is 14.4 Å². The SMILES string of the molecule is CC(=O)[C@@H]1CC2=CC(=O)CC[C@]2(C)[C@@]23O[C@@H]2C[C@@]2(C)[C@@H](CC[C@@]24CCC(=O)O4)[C@H]13. The van der Waals surface area contributed by atoms with Gasteiger partial charge in [-0.3, -0.25) is 14.4 Å². The van der Waals surface area contributed by atoms with E-state index >= 15 is 0 Å². The van der Waals surface area contributed by atoms with Crippen molar-refractivity contribution in [2.45, 2.75) is 89.4 Å². The van der Waals surface area contributed by atoms with Crippen molar-refractivity contribution >= 4 is 17.5 Å². The Hall–Kier alpha value is -1.49. The largest absolute Gasteiger partial charge is 0.458 e. The van der Waals surface area contributed by atoms with E-state index in [2.05, 4.69) is 13.8 Å². The Kier molecular flexibility index (Phi) is 3.29. The summed E-state index contributed by atoms with van der Waals surface area (Å²) in [6.45, 7) is 6.28. The van der Waals surface area contributed by atoms with E-state index in [-0.39, 0.29) is 57.5 Å². The van der Waals surface area contributed by atoms with Crippen LogP contribution in [0.3, 0.4) is 0 Å². The molecule has 5 heteroatoms. The van der Waals surface area contributed by atoms with Crippen molar-refractivity contribution in [2.24, 2.45) is 28.6 Å². The average Bonchev–Trinajstić information content (AvgIpc) is 3.14. The maximum Gasteiger partial charge on any atom is 0.306 e. The zero-order chi connectivity index (χ0) is 20.4. The van der Waals surface area contributed by atoms with Gasteiger partial charge in [-0.25, -0.2) is 0 Å². The Balaban J connectivity index is 1.49. The summed E-state index contributed by atoms with van der Waals surface area (Å²) in [7, 11) is 0. The van der Waals surface area contributed by atoms with Gasteiger partial charge in [0.1, 0.15) is 17.0 Å². The molecule has 3 saturated carbocycles. The molecule has 0 aromatic carbocycles. The summed E-state index contributed by atoms with van der Waals surface area (Å²) in [5.74, 6) is 0.676. The van der Waals surface area contributed by atoms with E-state index in [0.717, 1.165) is 37.7 Å². The number of ketones is 2. The molecule has 0 aromatic heterocycles. The average molecular weight is 398 g/mol. The molecule has 29 heavy (non-hydrogen) atoms. The minimum absolute atomic E-state index is 0.0739. The summed E-state index contributed by atoms with van der Waals surface area (Å²) < 4.78 is 12.7. The van der Waals surface area contributed by atoms with Crippen LogP contribution in [0.4, 0.5) is 0 Å². The van der Waals surface area contributed by atoms with Crippen LogP contribution in [0.25, 0.3) is 0 Å². The van der Waals surface area contributed by atoms with Crippen molar-refractivity contribution in [3.63, 3.8) is 0 Å². The predicted molar refractivity (Wildman–Crippen MR) is 104 cm³/mol. The zero-order valence-corrected chi connectivity index (χ0v) is 17.6. The van der Waals surface area contributed by atoms with Gasteiger partial charge in [0.15, 0.2) is 5.78 Å². The molecule has 5 fully saturated rings. The standard InChI is InChI=1S/C24H30O5/c1-13(25)16-11-14-10-15(26)4-7-21(14,2)24-18(28-24)12-22(3)17(20(16)24)5-8-23(22)9-6-19(27)29-23/h10,16-18,20H,4-9,11-12H2,1-3H3/t16-,17-,18+,20-,21-,22-,23+,24+/m0/s1. The maximum absolute atomic E-state index is 12.9. The predicted octanol–water partition coefficient (Wildman–Crippen LogP) is 3.54. The molecule has 2 aliphatic heterocycles. The molecule has 2 saturated heterocycles. The second-order valence-electron chi connectivity index (χ2n) is 11.0. The Morgan fingerprint density at radius 1 is 1.14 bits per heavy atom. The summed E-state index contributed by atoms with van der Waals surface area (Å²) in [6.07, 6.45) is 8.07. The third-order valence-corrected chi connectivity index (χ3v) is 10.2. The lowest BCUT2D eigenvalue weighted by Crippen LogP contribution is -2.63. The maximum atomic E-state index is 12.9. The fraction of sp³-hybridized carbons (Fsp3) is 0.792. The molecule has 0 bridgehead atoms. The van der Waals surface area contributed by atoms with E-state index in [1.807, 2.05) is 6.08 Å². The third kappa shape index (κ3) is 1.90. The Morgan fingerprint density at radius 2 is 1.93 bits per heavy atom. The second-order valence-corrected chi connectivity index (χ2v) is 11.0. The quantitative estimate of drug-likeness (QED) is 0.499. The van der Waals surface area contributed by atoms with Crippen LogP contribution in [0.2, 0.25) is 0 Å². The molecule has 0 N–H and O–H groups in total. The first-order valence-electron chi connectivity index (χ1n) is 11.3. The minimum Gasteiger partial charge on any atom is -0.458 e. The van der Waals surface area contributed by atoms with E-state index in [0.29, 0.717) is 25.2 Å². The van der Waals surface area contributed by atoms with E-state index in [4.69, 9.17) is 9.47 Å². The first-order chi connectivity index (χ1) is 13.7. The Labute approximate surface area is 171 Å². The molecule has 2 heterocycles. The highest BCUT2D eigenvalue weighted by Crippen LogP contribution is 2.78. The van der Waals surface area contributed by atoms with Gasteiger partial charge < -0.3 is 9.47 Å². The van der Waals surface area contributed by atoms with Gasteiger partial charge in [0, 0.05) is 35.5 Å². The number of ether oxygens (including phenoxy) is 2. The summed E-state index contributed by atoms with van der Waals surface area (Å²) >= 11 is 0. The molecule has 4 aliphatic carbocycles. The highest BCUT2D eigenvalue weighted by atomic mass is 16.6. The van der Waals surface area contributed by atoms with Crippen LogP contribution >= 0.6 is 0 Å². The Bertz CT molecular complexity index is 890. The first-order valence-corrected chi connectivity index (χ1v) is 11.3. The van der Waals surface area contributed by atoms with Crippen LogP contribution in [0.15, 0.2) is 11.6 Å². The number of epoxide rings is 1. The summed E-state index contributed by atoms with van der Waals surface area (Å²) in [5.41, 5.74) is 0.132. The van der Waals surface area contributed by atoms with Gasteiger partial charge >= 0.3 is 5.97 Å². The lowest BCUT2D eigenvalue weighted by molar-refractivity contribution is -0.167. The van der Waals surface area contributed by atoms with Gasteiger partial charge in [0.2, 0.25) is 0 Å². The molecular formula is C24H30O5. The fourth-order valence-corrected chi connectivity index (χ4v) is 8.70. The molecule has 5 nitrogen and oxygen atoms in total. The van der Waals surface area contributed by atoms with E-state index in [1.54, 1.807) is 6.92 Å². The van der Waals surface area contributed by atoms with Crippen molar-refractivity contribution in [3.05, 3.63) is 11.6 Å². The highest BCUT2D eigenvalue weighted by Gasteiger charge is 2.83. The van der Waals surface area contributed by atoms with E-state index < -0.39 is 0 Å². The normalized spacial score (nSPS) is 54.8. The number of carbonyl (C=O) groups is 3. The molecule has 6 aliphatic rings. The van der Waals surface area contributed by atoms with Gasteiger partial charge in [-0.15, -0.1) is 0 Å². The van der Waals surface area contributed by atoms with Crippen LogP contribution in [-0.2, 0) is 23.9 Å². The lowest BCUT2D eigenvalue weighted by Gasteiger charge is -2.58. The minimum atomic E-state index is -0.381. The second kappa shape index (κ2) is 5.22. The first kappa shape index (κ1) is 18.3. The van der Waals surface area contributed by atoms with Crippen LogP contribution in [0.1, 0.15) is 72.1 Å². The van der Waals surface area contributed by atoms with Crippen molar-refractivity contribution in [3.8, 4) is 0 Å². The number of Topliss-reactive ketones (excluding diaryl/α,β-unsaturated/α-hetero) is 1. The number of hydrogen-bond acceptors (Lipinski definition) is 5. The van der Waals surface area contributed by atoms with Crippen molar-refractivity contribution in [2.75, 3.05) is 0 Å². The number of fused-ring (bicyclic) bond motifs is 4. The lowest BCUT2D eigenvalue weighted by atomic mass is 9.43. The summed E-state index contributed by atoms with van der Waals surface area (Å²) in [6, 6.07) is 0. The molecule has 0 amide bonds. The summed E-state index contributed by atoms with van der Waals surface area (Å²) in [4.78, 5) is 37.2. The monoisotopic (exact) mass is 398 g/mol. The van der Waals surface area contributed by atoms with Gasteiger partial charge in [-0.1, -0.05) is 19.4 Å². The summed E-state index contributed by atoms with van der Waals surface area (Å²) in [5, 5.41) is 0. The van der Waals surface area contributed by atoms with Crippen LogP contribution < -0.4 is 0 Å². The van der Waals surface area contributed by atoms with E-state index in [1.165, 1.54) is 0 Å².